The first-order chi connectivity index (χ1) is 9.80. The van der Waals surface area contributed by atoms with Gasteiger partial charge in [-0.3, -0.25) is 4.79 Å². The maximum absolute atomic E-state index is 12.4. The zero-order valence-electron chi connectivity index (χ0n) is 12.9. The van der Waals surface area contributed by atoms with Crippen LogP contribution in [0.2, 0.25) is 0 Å². The van der Waals surface area contributed by atoms with Crippen LogP contribution in [0, 0.1) is 13.8 Å². The van der Waals surface area contributed by atoms with Gasteiger partial charge in [0.1, 0.15) is 5.76 Å². The molecule has 1 amide bonds. The van der Waals surface area contributed by atoms with E-state index in [0.29, 0.717) is 11.6 Å². The molecule has 0 atom stereocenters. The minimum atomic E-state index is -0.648. The predicted octanol–water partition coefficient (Wildman–Crippen LogP) is 2.47. The number of nitrogen functional groups attached to an aromatic ring is 1. The van der Waals surface area contributed by atoms with Crippen molar-refractivity contribution in [3.63, 3.8) is 0 Å². The molecular formula is C16H21N3O2. The number of oxazole rings is 1. The summed E-state index contributed by atoms with van der Waals surface area (Å²) in [6, 6.07) is 7.33. The summed E-state index contributed by atoms with van der Waals surface area (Å²) in [4.78, 5) is 16.7. The summed E-state index contributed by atoms with van der Waals surface area (Å²) in [5.74, 6) is 1.21. The Kier molecular flexibility index (Phi) is 4.02. The third-order valence-electron chi connectivity index (χ3n) is 3.67. The third kappa shape index (κ3) is 3.24. The Bertz CT molecular complexity index is 623. The van der Waals surface area contributed by atoms with E-state index < -0.39 is 5.41 Å². The summed E-state index contributed by atoms with van der Waals surface area (Å²) in [6.07, 6.45) is 0. The summed E-state index contributed by atoms with van der Waals surface area (Å²) >= 11 is 0. The molecule has 112 valence electrons. The van der Waals surface area contributed by atoms with Gasteiger partial charge in [0.25, 0.3) is 0 Å². The van der Waals surface area contributed by atoms with Crippen LogP contribution in [0.3, 0.4) is 0 Å². The van der Waals surface area contributed by atoms with Gasteiger partial charge in [0.2, 0.25) is 11.8 Å². The van der Waals surface area contributed by atoms with Crippen LogP contribution in [-0.2, 0) is 16.8 Å². The zero-order valence-corrected chi connectivity index (χ0v) is 12.9. The molecule has 2 rings (SSSR count). The molecule has 0 saturated carbocycles. The van der Waals surface area contributed by atoms with Gasteiger partial charge >= 0.3 is 0 Å². The molecule has 1 heterocycles. The maximum Gasteiger partial charge on any atom is 0.230 e. The van der Waals surface area contributed by atoms with Gasteiger partial charge in [-0.1, -0.05) is 12.1 Å². The summed E-state index contributed by atoms with van der Waals surface area (Å²) < 4.78 is 5.46. The van der Waals surface area contributed by atoms with Gasteiger partial charge in [-0.15, -0.1) is 0 Å². The lowest BCUT2D eigenvalue weighted by atomic mass is 9.83. The van der Waals surface area contributed by atoms with Crippen LogP contribution >= 0.6 is 0 Å². The van der Waals surface area contributed by atoms with E-state index in [1.165, 1.54) is 0 Å². The van der Waals surface area contributed by atoms with Gasteiger partial charge in [0, 0.05) is 5.69 Å². The Labute approximate surface area is 124 Å². The van der Waals surface area contributed by atoms with Crippen molar-refractivity contribution in [2.75, 3.05) is 5.73 Å². The molecular weight excluding hydrogens is 266 g/mol. The van der Waals surface area contributed by atoms with Crippen molar-refractivity contribution in [1.29, 1.82) is 0 Å². The number of rotatable bonds is 4. The van der Waals surface area contributed by atoms with E-state index in [1.54, 1.807) is 12.1 Å². The van der Waals surface area contributed by atoms with Crippen LogP contribution in [0.1, 0.15) is 36.8 Å². The van der Waals surface area contributed by atoms with E-state index in [4.69, 9.17) is 10.2 Å². The van der Waals surface area contributed by atoms with Gasteiger partial charge in [0.15, 0.2) is 0 Å². The number of amides is 1. The predicted molar refractivity (Wildman–Crippen MR) is 81.7 cm³/mol. The van der Waals surface area contributed by atoms with E-state index in [1.807, 2.05) is 39.8 Å². The van der Waals surface area contributed by atoms with Crippen LogP contribution < -0.4 is 11.1 Å². The highest BCUT2D eigenvalue weighted by molar-refractivity contribution is 5.87. The SMILES string of the molecule is Cc1nc(CNC(=O)C(C)(C)c2ccc(N)cc2)oc1C. The number of carbonyl (C=O) groups excluding carboxylic acids is 1. The molecule has 0 radical (unpaired) electrons. The van der Waals surface area contributed by atoms with Crippen LogP contribution in [0.4, 0.5) is 5.69 Å². The summed E-state index contributed by atoms with van der Waals surface area (Å²) in [5.41, 5.74) is 7.46. The molecule has 1 aromatic heterocycles. The van der Waals surface area contributed by atoms with E-state index >= 15 is 0 Å². The first-order valence-electron chi connectivity index (χ1n) is 6.88. The fourth-order valence-electron chi connectivity index (χ4n) is 2.02. The first-order valence-corrected chi connectivity index (χ1v) is 6.88. The highest BCUT2D eigenvalue weighted by Gasteiger charge is 2.29. The van der Waals surface area contributed by atoms with Crippen molar-refractivity contribution in [2.24, 2.45) is 0 Å². The van der Waals surface area contributed by atoms with Gasteiger partial charge < -0.3 is 15.5 Å². The lowest BCUT2D eigenvalue weighted by Gasteiger charge is -2.24. The van der Waals surface area contributed by atoms with E-state index in [9.17, 15) is 4.79 Å². The molecule has 0 saturated heterocycles. The Hall–Kier alpha value is -2.30. The number of carbonyl (C=O) groups is 1. The van der Waals surface area contributed by atoms with Crippen molar-refractivity contribution in [2.45, 2.75) is 39.7 Å². The number of nitrogens with zero attached hydrogens (tertiary/aromatic N) is 1. The average Bonchev–Trinajstić information content (AvgIpc) is 2.75. The topological polar surface area (TPSA) is 81.2 Å². The van der Waals surface area contributed by atoms with Gasteiger partial charge in [-0.25, -0.2) is 4.98 Å². The normalized spacial score (nSPS) is 11.4. The van der Waals surface area contributed by atoms with Crippen molar-refractivity contribution >= 4 is 11.6 Å². The Morgan fingerprint density at radius 2 is 1.90 bits per heavy atom. The zero-order chi connectivity index (χ0) is 15.6. The molecule has 3 N–H and O–H groups in total. The minimum Gasteiger partial charge on any atom is -0.444 e. The van der Waals surface area contributed by atoms with Gasteiger partial charge in [-0.05, 0) is 45.4 Å². The number of nitrogens with one attached hydrogen (secondary N) is 1. The molecule has 2 aromatic rings. The molecule has 0 bridgehead atoms. The number of benzene rings is 1. The Morgan fingerprint density at radius 1 is 1.29 bits per heavy atom. The highest BCUT2D eigenvalue weighted by atomic mass is 16.4. The molecule has 0 aliphatic heterocycles. The quantitative estimate of drug-likeness (QED) is 0.846. The molecule has 21 heavy (non-hydrogen) atoms. The molecule has 0 unspecified atom stereocenters. The summed E-state index contributed by atoms with van der Waals surface area (Å²) in [6.45, 7) is 7.76. The number of aryl methyl sites for hydroxylation is 2. The van der Waals surface area contributed by atoms with Crippen LogP contribution in [0.5, 0.6) is 0 Å². The van der Waals surface area contributed by atoms with Crippen LogP contribution in [0.15, 0.2) is 28.7 Å². The smallest absolute Gasteiger partial charge is 0.230 e. The molecule has 5 nitrogen and oxygen atoms in total. The second kappa shape index (κ2) is 5.60. The number of hydrogen-bond acceptors (Lipinski definition) is 4. The van der Waals surface area contributed by atoms with Gasteiger partial charge in [0.05, 0.1) is 17.7 Å². The van der Waals surface area contributed by atoms with Crippen molar-refractivity contribution in [3.05, 3.63) is 47.2 Å². The fourth-order valence-corrected chi connectivity index (χ4v) is 2.02. The van der Waals surface area contributed by atoms with E-state index in [-0.39, 0.29) is 12.5 Å². The van der Waals surface area contributed by atoms with E-state index in [0.717, 1.165) is 17.0 Å². The fraction of sp³-hybridized carbons (Fsp3) is 0.375. The molecule has 0 fully saturated rings. The number of anilines is 1. The monoisotopic (exact) mass is 287 g/mol. The number of aromatic nitrogens is 1. The largest absolute Gasteiger partial charge is 0.444 e. The van der Waals surface area contributed by atoms with Crippen molar-refractivity contribution in [3.8, 4) is 0 Å². The third-order valence-corrected chi connectivity index (χ3v) is 3.67. The van der Waals surface area contributed by atoms with E-state index in [2.05, 4.69) is 10.3 Å². The first kappa shape index (κ1) is 15.1. The van der Waals surface area contributed by atoms with Gasteiger partial charge in [-0.2, -0.15) is 0 Å². The van der Waals surface area contributed by atoms with Crippen LogP contribution in [-0.4, -0.2) is 10.9 Å². The lowest BCUT2D eigenvalue weighted by molar-refractivity contribution is -0.125. The lowest BCUT2D eigenvalue weighted by Crippen LogP contribution is -2.39. The minimum absolute atomic E-state index is 0.0826. The van der Waals surface area contributed by atoms with Crippen molar-refractivity contribution in [1.82, 2.24) is 10.3 Å². The standard InChI is InChI=1S/C16H21N3O2/c1-10-11(2)21-14(19-10)9-18-15(20)16(3,4)12-5-7-13(17)8-6-12/h5-8H,9,17H2,1-4H3,(H,18,20). The average molecular weight is 287 g/mol. The molecule has 1 aromatic carbocycles. The second-order valence-corrected chi connectivity index (χ2v) is 5.68. The Morgan fingerprint density at radius 3 is 2.43 bits per heavy atom. The molecule has 0 spiro atoms. The number of nitrogens with two attached hydrogens (primary N) is 1. The summed E-state index contributed by atoms with van der Waals surface area (Å²) in [7, 11) is 0. The Balaban J connectivity index is 2.06. The van der Waals surface area contributed by atoms with Crippen molar-refractivity contribution < 1.29 is 9.21 Å². The molecule has 0 aliphatic carbocycles. The maximum atomic E-state index is 12.4. The number of hydrogen-bond donors (Lipinski definition) is 2. The molecule has 5 heteroatoms. The summed E-state index contributed by atoms with van der Waals surface area (Å²) in [5, 5.41) is 2.87. The highest BCUT2D eigenvalue weighted by Crippen LogP contribution is 2.24. The second-order valence-electron chi connectivity index (χ2n) is 5.68. The van der Waals surface area contributed by atoms with Crippen LogP contribution in [0.25, 0.3) is 0 Å². The molecule has 0 aliphatic rings.